The molecule has 2 nitrogen and oxygen atoms in total. The molecule has 3 heteroatoms. The lowest BCUT2D eigenvalue weighted by molar-refractivity contribution is 0.812. The van der Waals surface area contributed by atoms with E-state index in [1.807, 2.05) is 12.1 Å². The van der Waals surface area contributed by atoms with E-state index in [4.69, 9.17) is 4.98 Å². The third kappa shape index (κ3) is 2.34. The Bertz CT molecular complexity index is 940. The molecule has 0 aliphatic rings. The second-order valence-corrected chi connectivity index (χ2v) is 6.06. The minimum absolute atomic E-state index is 0.783. The van der Waals surface area contributed by atoms with Crippen molar-refractivity contribution < 1.29 is 0 Å². The molecular formula is C18H13BrN2. The summed E-state index contributed by atoms with van der Waals surface area (Å²) < 4.78 is 3.33. The van der Waals surface area contributed by atoms with Crippen LogP contribution in [0.1, 0.15) is 5.69 Å². The first-order chi connectivity index (χ1) is 10.3. The van der Waals surface area contributed by atoms with Crippen LogP contribution in [0.15, 0.2) is 71.3 Å². The van der Waals surface area contributed by atoms with Crippen molar-refractivity contribution >= 4 is 37.7 Å². The van der Waals surface area contributed by atoms with Crippen molar-refractivity contribution in [3.63, 3.8) is 0 Å². The molecule has 4 rings (SSSR count). The molecule has 0 atom stereocenters. The fraction of sp³-hybridized carbons (Fsp3) is 0.0556. The number of halogens is 1. The van der Waals surface area contributed by atoms with Gasteiger partial charge in [0, 0.05) is 21.6 Å². The van der Waals surface area contributed by atoms with Gasteiger partial charge in [0.2, 0.25) is 0 Å². The van der Waals surface area contributed by atoms with Crippen LogP contribution in [-0.4, -0.2) is 9.55 Å². The molecule has 2 aromatic carbocycles. The van der Waals surface area contributed by atoms with Crippen molar-refractivity contribution in [2.75, 3.05) is 0 Å². The number of pyridine rings is 1. The highest BCUT2D eigenvalue weighted by Gasteiger charge is 2.04. The Labute approximate surface area is 131 Å². The molecule has 2 heterocycles. The molecule has 0 spiro atoms. The molecule has 0 saturated heterocycles. The standard InChI is InChI=1S/C18H13BrN2/c19-15-7-5-14-9-10-21(18(14)11-15)12-16-8-6-13-3-1-2-4-17(13)20-16/h1-11H,12H2. The average molecular weight is 337 g/mol. The largest absolute Gasteiger partial charge is 0.341 e. The third-order valence-electron chi connectivity index (χ3n) is 3.72. The van der Waals surface area contributed by atoms with E-state index in [1.165, 1.54) is 16.3 Å². The molecule has 0 fully saturated rings. The second kappa shape index (κ2) is 5.01. The van der Waals surface area contributed by atoms with E-state index < -0.39 is 0 Å². The Hall–Kier alpha value is -2.13. The SMILES string of the molecule is Brc1ccc2ccn(Cc3ccc4ccccc4n3)c2c1. The van der Waals surface area contributed by atoms with Gasteiger partial charge in [0.15, 0.2) is 0 Å². The molecule has 0 bridgehead atoms. The van der Waals surface area contributed by atoms with Crippen LogP contribution in [0.2, 0.25) is 0 Å². The first kappa shape index (κ1) is 12.6. The molecule has 102 valence electrons. The van der Waals surface area contributed by atoms with Gasteiger partial charge in [-0.05, 0) is 35.7 Å². The zero-order valence-corrected chi connectivity index (χ0v) is 12.9. The Morgan fingerprint density at radius 3 is 2.71 bits per heavy atom. The molecular weight excluding hydrogens is 324 g/mol. The van der Waals surface area contributed by atoms with Crippen LogP contribution in [0.5, 0.6) is 0 Å². The van der Waals surface area contributed by atoms with E-state index in [0.29, 0.717) is 0 Å². The molecule has 21 heavy (non-hydrogen) atoms. The number of rotatable bonds is 2. The Kier molecular flexibility index (Phi) is 3.00. The summed E-state index contributed by atoms with van der Waals surface area (Å²) in [6.07, 6.45) is 2.12. The predicted molar refractivity (Wildman–Crippen MR) is 90.5 cm³/mol. The van der Waals surface area contributed by atoms with Crippen molar-refractivity contribution in [2.45, 2.75) is 6.54 Å². The average Bonchev–Trinajstić information content (AvgIpc) is 2.89. The molecule has 0 saturated carbocycles. The highest BCUT2D eigenvalue weighted by atomic mass is 79.9. The predicted octanol–water partition coefficient (Wildman–Crippen LogP) is 5.00. The van der Waals surface area contributed by atoms with Crippen molar-refractivity contribution in [3.8, 4) is 0 Å². The quantitative estimate of drug-likeness (QED) is 0.503. The van der Waals surface area contributed by atoms with Crippen LogP contribution in [0.4, 0.5) is 0 Å². The summed E-state index contributed by atoms with van der Waals surface area (Å²) in [5.41, 5.74) is 3.35. The Balaban J connectivity index is 1.77. The van der Waals surface area contributed by atoms with Gasteiger partial charge in [-0.3, -0.25) is 4.98 Å². The summed E-state index contributed by atoms with van der Waals surface area (Å²) in [6, 6.07) is 21.0. The van der Waals surface area contributed by atoms with E-state index in [9.17, 15) is 0 Å². The van der Waals surface area contributed by atoms with Crippen LogP contribution in [-0.2, 0) is 6.54 Å². The Morgan fingerprint density at radius 2 is 1.76 bits per heavy atom. The van der Waals surface area contributed by atoms with Gasteiger partial charge in [-0.2, -0.15) is 0 Å². The van der Waals surface area contributed by atoms with E-state index >= 15 is 0 Å². The van der Waals surface area contributed by atoms with Crippen LogP contribution >= 0.6 is 15.9 Å². The van der Waals surface area contributed by atoms with Gasteiger partial charge in [-0.15, -0.1) is 0 Å². The highest BCUT2D eigenvalue weighted by Crippen LogP contribution is 2.22. The number of fused-ring (bicyclic) bond motifs is 2. The number of hydrogen-bond acceptors (Lipinski definition) is 1. The second-order valence-electron chi connectivity index (χ2n) is 5.14. The fourth-order valence-electron chi connectivity index (χ4n) is 2.67. The first-order valence-electron chi connectivity index (χ1n) is 6.89. The van der Waals surface area contributed by atoms with Gasteiger partial charge in [0.05, 0.1) is 17.8 Å². The molecule has 0 radical (unpaired) electrons. The fourth-order valence-corrected chi connectivity index (χ4v) is 3.01. The molecule has 0 aliphatic heterocycles. The zero-order chi connectivity index (χ0) is 14.2. The monoisotopic (exact) mass is 336 g/mol. The topological polar surface area (TPSA) is 17.8 Å². The number of aromatic nitrogens is 2. The van der Waals surface area contributed by atoms with E-state index in [1.54, 1.807) is 0 Å². The maximum Gasteiger partial charge on any atom is 0.0706 e. The number of hydrogen-bond donors (Lipinski definition) is 0. The maximum absolute atomic E-state index is 4.75. The summed E-state index contributed by atoms with van der Waals surface area (Å²) >= 11 is 3.54. The van der Waals surface area contributed by atoms with E-state index in [2.05, 4.69) is 75.2 Å². The maximum atomic E-state index is 4.75. The Morgan fingerprint density at radius 1 is 0.905 bits per heavy atom. The summed E-state index contributed by atoms with van der Waals surface area (Å²) in [6.45, 7) is 0.783. The van der Waals surface area contributed by atoms with Crippen LogP contribution in [0.25, 0.3) is 21.8 Å². The molecule has 0 amide bonds. The van der Waals surface area contributed by atoms with Crippen molar-refractivity contribution in [2.24, 2.45) is 0 Å². The van der Waals surface area contributed by atoms with Crippen molar-refractivity contribution in [1.82, 2.24) is 9.55 Å². The van der Waals surface area contributed by atoms with Crippen LogP contribution in [0, 0.1) is 0 Å². The lowest BCUT2D eigenvalue weighted by Gasteiger charge is -2.07. The number of nitrogens with zero attached hydrogens (tertiary/aromatic N) is 2. The summed E-state index contributed by atoms with van der Waals surface area (Å²) in [5, 5.41) is 2.43. The van der Waals surface area contributed by atoms with Crippen LogP contribution in [0.3, 0.4) is 0 Å². The van der Waals surface area contributed by atoms with Gasteiger partial charge in [-0.1, -0.05) is 46.3 Å². The minimum atomic E-state index is 0.783. The smallest absolute Gasteiger partial charge is 0.0706 e. The molecule has 0 unspecified atom stereocenters. The number of para-hydroxylation sites is 1. The lowest BCUT2D eigenvalue weighted by Crippen LogP contribution is -2.00. The first-order valence-corrected chi connectivity index (χ1v) is 7.68. The third-order valence-corrected chi connectivity index (χ3v) is 4.22. The van der Waals surface area contributed by atoms with Gasteiger partial charge in [0.25, 0.3) is 0 Å². The minimum Gasteiger partial charge on any atom is -0.341 e. The van der Waals surface area contributed by atoms with Gasteiger partial charge >= 0.3 is 0 Å². The highest BCUT2D eigenvalue weighted by molar-refractivity contribution is 9.10. The van der Waals surface area contributed by atoms with E-state index in [-0.39, 0.29) is 0 Å². The van der Waals surface area contributed by atoms with Gasteiger partial charge in [-0.25, -0.2) is 0 Å². The van der Waals surface area contributed by atoms with E-state index in [0.717, 1.165) is 22.2 Å². The molecule has 2 aromatic heterocycles. The van der Waals surface area contributed by atoms with Crippen LogP contribution < -0.4 is 0 Å². The summed E-state index contributed by atoms with van der Waals surface area (Å²) in [4.78, 5) is 4.75. The zero-order valence-electron chi connectivity index (χ0n) is 11.3. The van der Waals surface area contributed by atoms with Crippen molar-refractivity contribution in [3.05, 3.63) is 77.0 Å². The number of benzene rings is 2. The van der Waals surface area contributed by atoms with Gasteiger partial charge in [0.1, 0.15) is 0 Å². The summed E-state index contributed by atoms with van der Waals surface area (Å²) in [5.74, 6) is 0. The molecule has 0 N–H and O–H groups in total. The lowest BCUT2D eigenvalue weighted by atomic mass is 10.2. The normalized spacial score (nSPS) is 11.3. The summed E-state index contributed by atoms with van der Waals surface area (Å²) in [7, 11) is 0. The molecule has 4 aromatic rings. The molecule has 0 aliphatic carbocycles. The van der Waals surface area contributed by atoms with Gasteiger partial charge < -0.3 is 4.57 Å². The van der Waals surface area contributed by atoms with Crippen molar-refractivity contribution in [1.29, 1.82) is 0 Å².